The number of hydrogen-bond acceptors (Lipinski definition) is 1. The molecular weight excluding hydrogens is 322 g/mol. The Morgan fingerprint density at radius 1 is 0.960 bits per heavy atom. The molecule has 0 fully saturated rings. The number of halogens is 2. The summed E-state index contributed by atoms with van der Waals surface area (Å²) < 4.78 is 30.0. The molecular formula is C20H16F2N2O. The van der Waals surface area contributed by atoms with Gasteiger partial charge in [0.25, 0.3) is 5.91 Å². The predicted octanol–water partition coefficient (Wildman–Crippen LogP) is 4.01. The second-order valence-electron chi connectivity index (χ2n) is 6.06. The van der Waals surface area contributed by atoms with Gasteiger partial charge in [0, 0.05) is 36.1 Å². The Bertz CT molecular complexity index is 935. The Balaban J connectivity index is 1.81. The summed E-state index contributed by atoms with van der Waals surface area (Å²) in [5.74, 6) is -1.13. The molecule has 0 saturated carbocycles. The molecule has 5 heteroatoms. The lowest BCUT2D eigenvalue weighted by atomic mass is 9.98. The van der Waals surface area contributed by atoms with Gasteiger partial charge in [0.05, 0.1) is 0 Å². The third-order valence-electron chi connectivity index (χ3n) is 4.57. The highest BCUT2D eigenvalue weighted by molar-refractivity contribution is 5.94. The lowest BCUT2D eigenvalue weighted by molar-refractivity contribution is 0.0660. The van der Waals surface area contributed by atoms with E-state index in [2.05, 4.69) is 0 Å². The van der Waals surface area contributed by atoms with Crippen LogP contribution in [0.1, 0.15) is 27.7 Å². The standard InChI is InChI=1S/C20H16F2N2O/c21-15-6-3-5-14(13-15)20(25)24-12-11-23-10-4-9-18(23)19(24)16-7-1-2-8-17(16)22/h1-10,13,19H,11-12H2/t19-/m0/s1. The average molecular weight is 338 g/mol. The van der Waals surface area contributed by atoms with E-state index < -0.39 is 11.9 Å². The van der Waals surface area contributed by atoms with Crippen molar-refractivity contribution in [3.63, 3.8) is 0 Å². The van der Waals surface area contributed by atoms with Crippen LogP contribution >= 0.6 is 0 Å². The SMILES string of the molecule is O=C(c1cccc(F)c1)N1CCn2cccc2[C@@H]1c1ccccc1F. The third kappa shape index (κ3) is 2.71. The van der Waals surface area contributed by atoms with Crippen molar-refractivity contribution in [1.29, 1.82) is 0 Å². The average Bonchev–Trinajstić information content (AvgIpc) is 3.10. The van der Waals surface area contributed by atoms with E-state index in [9.17, 15) is 13.6 Å². The van der Waals surface area contributed by atoms with E-state index in [4.69, 9.17) is 0 Å². The third-order valence-corrected chi connectivity index (χ3v) is 4.57. The molecule has 126 valence electrons. The molecule has 1 aliphatic rings. The van der Waals surface area contributed by atoms with Crippen LogP contribution < -0.4 is 0 Å². The number of amides is 1. The van der Waals surface area contributed by atoms with Crippen LogP contribution in [0.4, 0.5) is 8.78 Å². The Labute approximate surface area is 144 Å². The van der Waals surface area contributed by atoms with Crippen LogP contribution in [-0.2, 0) is 6.54 Å². The van der Waals surface area contributed by atoms with Crippen molar-refractivity contribution in [3.8, 4) is 0 Å². The Hall–Kier alpha value is -2.95. The van der Waals surface area contributed by atoms with Crippen LogP contribution in [0.3, 0.4) is 0 Å². The Morgan fingerprint density at radius 2 is 1.80 bits per heavy atom. The van der Waals surface area contributed by atoms with Gasteiger partial charge in [-0.3, -0.25) is 4.79 Å². The first-order chi connectivity index (χ1) is 12.1. The van der Waals surface area contributed by atoms with Crippen molar-refractivity contribution < 1.29 is 13.6 Å². The number of benzene rings is 2. The highest BCUT2D eigenvalue weighted by atomic mass is 19.1. The van der Waals surface area contributed by atoms with Gasteiger partial charge in [-0.2, -0.15) is 0 Å². The summed E-state index contributed by atoms with van der Waals surface area (Å²) in [4.78, 5) is 14.6. The highest BCUT2D eigenvalue weighted by Crippen LogP contribution is 2.34. The first-order valence-electron chi connectivity index (χ1n) is 8.11. The smallest absolute Gasteiger partial charge is 0.254 e. The minimum atomic E-state index is -0.541. The van der Waals surface area contributed by atoms with Crippen LogP contribution in [0.2, 0.25) is 0 Å². The number of nitrogens with zero attached hydrogens (tertiary/aromatic N) is 2. The van der Waals surface area contributed by atoms with Crippen molar-refractivity contribution in [2.45, 2.75) is 12.6 Å². The number of aromatic nitrogens is 1. The van der Waals surface area contributed by atoms with E-state index >= 15 is 0 Å². The maximum absolute atomic E-state index is 14.5. The molecule has 1 amide bonds. The zero-order valence-electron chi connectivity index (χ0n) is 13.4. The quantitative estimate of drug-likeness (QED) is 0.693. The zero-order valence-corrected chi connectivity index (χ0v) is 13.4. The number of carbonyl (C=O) groups excluding carboxylic acids is 1. The molecule has 3 nitrogen and oxygen atoms in total. The molecule has 2 heterocycles. The topological polar surface area (TPSA) is 25.2 Å². The largest absolute Gasteiger partial charge is 0.348 e. The van der Waals surface area contributed by atoms with Gasteiger partial charge in [-0.1, -0.05) is 24.3 Å². The normalized spacial score (nSPS) is 16.6. The lowest BCUT2D eigenvalue weighted by Gasteiger charge is -2.37. The van der Waals surface area contributed by atoms with Crippen molar-refractivity contribution in [3.05, 3.63) is 95.3 Å². The fourth-order valence-electron chi connectivity index (χ4n) is 3.41. The van der Waals surface area contributed by atoms with Gasteiger partial charge in [-0.05, 0) is 36.4 Å². The summed E-state index contributed by atoms with van der Waals surface area (Å²) in [6, 6.07) is 15.3. The summed E-state index contributed by atoms with van der Waals surface area (Å²) >= 11 is 0. The van der Waals surface area contributed by atoms with Gasteiger partial charge in [0.2, 0.25) is 0 Å². The van der Waals surface area contributed by atoms with Gasteiger partial charge in [-0.25, -0.2) is 8.78 Å². The summed E-state index contributed by atoms with van der Waals surface area (Å²) in [7, 11) is 0. The van der Waals surface area contributed by atoms with Crippen molar-refractivity contribution in [1.82, 2.24) is 9.47 Å². The minimum absolute atomic E-state index is 0.265. The Kier molecular flexibility index (Phi) is 3.84. The van der Waals surface area contributed by atoms with Crippen LogP contribution in [0.5, 0.6) is 0 Å². The summed E-state index contributed by atoms with van der Waals surface area (Å²) in [6.45, 7) is 1.05. The van der Waals surface area contributed by atoms with Crippen molar-refractivity contribution in [2.24, 2.45) is 0 Å². The molecule has 0 N–H and O–H groups in total. The molecule has 1 aromatic heterocycles. The molecule has 2 aromatic carbocycles. The monoisotopic (exact) mass is 338 g/mol. The summed E-state index contributed by atoms with van der Waals surface area (Å²) in [5.41, 5.74) is 1.55. The van der Waals surface area contributed by atoms with E-state index in [1.54, 1.807) is 29.2 Å². The molecule has 3 aromatic rings. The molecule has 4 rings (SSSR count). The van der Waals surface area contributed by atoms with Crippen LogP contribution in [-0.4, -0.2) is 21.9 Å². The molecule has 0 radical (unpaired) electrons. The van der Waals surface area contributed by atoms with Gasteiger partial charge in [0.15, 0.2) is 0 Å². The number of fused-ring (bicyclic) bond motifs is 1. The molecule has 0 saturated heterocycles. The number of rotatable bonds is 2. The van der Waals surface area contributed by atoms with Crippen LogP contribution in [0, 0.1) is 11.6 Å². The molecule has 1 aliphatic heterocycles. The van der Waals surface area contributed by atoms with E-state index in [0.717, 1.165) is 5.69 Å². The zero-order chi connectivity index (χ0) is 17.4. The van der Waals surface area contributed by atoms with E-state index in [1.807, 2.05) is 22.9 Å². The molecule has 25 heavy (non-hydrogen) atoms. The molecule has 1 atom stereocenters. The van der Waals surface area contributed by atoms with E-state index in [1.165, 1.54) is 24.3 Å². The Morgan fingerprint density at radius 3 is 2.60 bits per heavy atom. The second kappa shape index (κ2) is 6.16. The first-order valence-corrected chi connectivity index (χ1v) is 8.11. The van der Waals surface area contributed by atoms with Crippen LogP contribution in [0.15, 0.2) is 66.9 Å². The van der Waals surface area contributed by atoms with Gasteiger partial charge < -0.3 is 9.47 Å². The minimum Gasteiger partial charge on any atom is -0.348 e. The van der Waals surface area contributed by atoms with Gasteiger partial charge in [-0.15, -0.1) is 0 Å². The van der Waals surface area contributed by atoms with Crippen LogP contribution in [0.25, 0.3) is 0 Å². The number of hydrogen-bond donors (Lipinski definition) is 0. The summed E-state index contributed by atoms with van der Waals surface area (Å²) in [6.07, 6.45) is 1.92. The molecule has 0 unspecified atom stereocenters. The second-order valence-corrected chi connectivity index (χ2v) is 6.06. The summed E-state index contributed by atoms with van der Waals surface area (Å²) in [5, 5.41) is 0. The maximum atomic E-state index is 14.5. The molecule has 0 aliphatic carbocycles. The predicted molar refractivity (Wildman–Crippen MR) is 90.1 cm³/mol. The molecule has 0 spiro atoms. The van der Waals surface area contributed by atoms with Gasteiger partial charge in [0.1, 0.15) is 17.7 Å². The molecule has 0 bridgehead atoms. The first kappa shape index (κ1) is 15.6. The lowest BCUT2D eigenvalue weighted by Crippen LogP contribution is -2.42. The fraction of sp³-hybridized carbons (Fsp3) is 0.150. The number of carbonyl (C=O) groups is 1. The van der Waals surface area contributed by atoms with E-state index in [0.29, 0.717) is 18.7 Å². The maximum Gasteiger partial charge on any atom is 0.254 e. The van der Waals surface area contributed by atoms with Gasteiger partial charge >= 0.3 is 0 Å². The fourth-order valence-corrected chi connectivity index (χ4v) is 3.41. The van der Waals surface area contributed by atoms with Crippen molar-refractivity contribution in [2.75, 3.05) is 6.54 Å². The van der Waals surface area contributed by atoms with E-state index in [-0.39, 0.29) is 17.3 Å². The van der Waals surface area contributed by atoms with Crippen molar-refractivity contribution >= 4 is 5.91 Å². The highest BCUT2D eigenvalue weighted by Gasteiger charge is 2.34.